The number of rotatable bonds is 0. The maximum Gasteiger partial charge on any atom is 0.115 e. The maximum absolute atomic E-state index is 5.24. The molecular formula is C11H15NO. The molecule has 0 atom stereocenters. The van der Waals surface area contributed by atoms with Crippen LogP contribution in [0.25, 0.3) is 0 Å². The van der Waals surface area contributed by atoms with Gasteiger partial charge in [-0.3, -0.25) is 0 Å². The van der Waals surface area contributed by atoms with Crippen molar-refractivity contribution in [3.05, 3.63) is 35.9 Å². The molecule has 0 radical (unpaired) electrons. The Balaban J connectivity index is 2.26. The standard InChI is InChI=1S/C11H15NO/c1-11(2,3)12-5-4-9-7-13-8-10(9)6-12/h4-7H,8H2,1-3H3. The fourth-order valence-corrected chi connectivity index (χ4v) is 1.43. The highest BCUT2D eigenvalue weighted by Crippen LogP contribution is 2.27. The molecule has 13 heavy (non-hydrogen) atoms. The van der Waals surface area contributed by atoms with Gasteiger partial charge in [-0.2, -0.15) is 0 Å². The summed E-state index contributed by atoms with van der Waals surface area (Å²) in [6.07, 6.45) is 8.19. The molecule has 2 rings (SSSR count). The lowest BCUT2D eigenvalue weighted by Gasteiger charge is -2.33. The van der Waals surface area contributed by atoms with Crippen molar-refractivity contribution < 1.29 is 4.74 Å². The average Bonchev–Trinajstić information content (AvgIpc) is 2.47. The van der Waals surface area contributed by atoms with E-state index in [-0.39, 0.29) is 5.54 Å². The monoisotopic (exact) mass is 177 g/mol. The number of fused-ring (bicyclic) bond motifs is 1. The fourth-order valence-electron chi connectivity index (χ4n) is 1.43. The van der Waals surface area contributed by atoms with E-state index in [1.54, 1.807) is 0 Å². The van der Waals surface area contributed by atoms with Crippen LogP contribution in [0.5, 0.6) is 0 Å². The van der Waals surface area contributed by atoms with Crippen LogP contribution in [-0.2, 0) is 4.74 Å². The molecule has 0 aromatic rings. The Bertz CT molecular complexity index is 305. The van der Waals surface area contributed by atoms with Gasteiger partial charge in [0.2, 0.25) is 0 Å². The van der Waals surface area contributed by atoms with Gasteiger partial charge in [-0.25, -0.2) is 0 Å². The van der Waals surface area contributed by atoms with E-state index in [1.807, 2.05) is 6.26 Å². The molecule has 0 spiro atoms. The summed E-state index contributed by atoms with van der Waals surface area (Å²) in [7, 11) is 0. The van der Waals surface area contributed by atoms with Crippen molar-refractivity contribution in [2.45, 2.75) is 26.3 Å². The quantitative estimate of drug-likeness (QED) is 0.563. The zero-order valence-corrected chi connectivity index (χ0v) is 8.37. The Kier molecular flexibility index (Phi) is 1.72. The lowest BCUT2D eigenvalue weighted by Crippen LogP contribution is -2.34. The van der Waals surface area contributed by atoms with E-state index in [4.69, 9.17) is 4.74 Å². The number of hydrogen-bond acceptors (Lipinski definition) is 2. The highest BCUT2D eigenvalue weighted by atomic mass is 16.5. The molecule has 0 N–H and O–H groups in total. The van der Waals surface area contributed by atoms with E-state index in [0.717, 1.165) is 0 Å². The summed E-state index contributed by atoms with van der Waals surface area (Å²) in [6, 6.07) is 0. The predicted molar refractivity (Wildman–Crippen MR) is 52.9 cm³/mol. The third-order valence-corrected chi connectivity index (χ3v) is 2.30. The van der Waals surface area contributed by atoms with E-state index in [0.29, 0.717) is 6.61 Å². The van der Waals surface area contributed by atoms with Gasteiger partial charge in [-0.1, -0.05) is 0 Å². The summed E-state index contributed by atoms with van der Waals surface area (Å²) in [6.45, 7) is 7.29. The molecule has 0 amide bonds. The van der Waals surface area contributed by atoms with Crippen LogP contribution in [0.4, 0.5) is 0 Å². The van der Waals surface area contributed by atoms with Gasteiger partial charge in [0, 0.05) is 29.1 Å². The lowest BCUT2D eigenvalue weighted by atomic mass is 10.0. The second-order valence-corrected chi connectivity index (χ2v) is 4.43. The Labute approximate surface area is 79.2 Å². The zero-order chi connectivity index (χ0) is 9.47. The minimum absolute atomic E-state index is 0.150. The van der Waals surface area contributed by atoms with Crippen LogP contribution in [0.2, 0.25) is 0 Å². The van der Waals surface area contributed by atoms with Crippen LogP contribution in [0, 0.1) is 0 Å². The number of allylic oxidation sites excluding steroid dienone is 1. The van der Waals surface area contributed by atoms with Crippen LogP contribution in [0.3, 0.4) is 0 Å². The van der Waals surface area contributed by atoms with E-state index in [9.17, 15) is 0 Å². The van der Waals surface area contributed by atoms with Crippen LogP contribution >= 0.6 is 0 Å². The zero-order valence-electron chi connectivity index (χ0n) is 8.37. The molecule has 0 fully saturated rings. The van der Waals surface area contributed by atoms with E-state index in [1.165, 1.54) is 11.1 Å². The lowest BCUT2D eigenvalue weighted by molar-refractivity contribution is 0.270. The van der Waals surface area contributed by atoms with Crippen LogP contribution in [-0.4, -0.2) is 17.0 Å². The van der Waals surface area contributed by atoms with Gasteiger partial charge in [-0.15, -0.1) is 0 Å². The number of nitrogens with zero attached hydrogens (tertiary/aromatic N) is 1. The van der Waals surface area contributed by atoms with Gasteiger partial charge in [0.1, 0.15) is 6.61 Å². The molecule has 0 unspecified atom stereocenters. The van der Waals surface area contributed by atoms with E-state index >= 15 is 0 Å². The highest BCUT2D eigenvalue weighted by Gasteiger charge is 2.22. The fraction of sp³-hybridized carbons (Fsp3) is 0.455. The second-order valence-electron chi connectivity index (χ2n) is 4.43. The Morgan fingerprint density at radius 1 is 1.38 bits per heavy atom. The number of hydrogen-bond donors (Lipinski definition) is 0. The molecule has 2 aliphatic rings. The van der Waals surface area contributed by atoms with Gasteiger partial charge in [0.05, 0.1) is 6.26 Å². The Morgan fingerprint density at radius 2 is 2.15 bits per heavy atom. The number of ether oxygens (including phenoxy) is 1. The molecule has 70 valence electrons. The first-order valence-corrected chi connectivity index (χ1v) is 4.57. The normalized spacial score (nSPS) is 20.7. The maximum atomic E-state index is 5.24. The van der Waals surface area contributed by atoms with E-state index in [2.05, 4.69) is 44.1 Å². The first kappa shape index (κ1) is 8.42. The molecule has 0 aromatic carbocycles. The Hall–Kier alpha value is -1.18. The predicted octanol–water partition coefficient (Wildman–Crippen LogP) is 2.41. The largest absolute Gasteiger partial charge is 0.496 e. The highest BCUT2D eigenvalue weighted by molar-refractivity contribution is 5.44. The first-order chi connectivity index (χ1) is 6.07. The summed E-state index contributed by atoms with van der Waals surface area (Å²) >= 11 is 0. The molecule has 0 saturated carbocycles. The molecular weight excluding hydrogens is 162 g/mol. The summed E-state index contributed by atoms with van der Waals surface area (Å²) in [5.41, 5.74) is 2.63. The van der Waals surface area contributed by atoms with Gasteiger partial charge >= 0.3 is 0 Å². The average molecular weight is 177 g/mol. The third kappa shape index (κ3) is 1.48. The molecule has 0 aromatic heterocycles. The molecule has 2 heterocycles. The van der Waals surface area contributed by atoms with Crippen LogP contribution in [0.15, 0.2) is 35.9 Å². The molecule has 2 nitrogen and oxygen atoms in total. The van der Waals surface area contributed by atoms with Crippen molar-refractivity contribution >= 4 is 0 Å². The molecule has 0 saturated heterocycles. The van der Waals surface area contributed by atoms with Gasteiger partial charge in [-0.05, 0) is 26.8 Å². The Morgan fingerprint density at radius 3 is 2.85 bits per heavy atom. The van der Waals surface area contributed by atoms with Crippen molar-refractivity contribution in [2.24, 2.45) is 0 Å². The summed E-state index contributed by atoms with van der Waals surface area (Å²) in [4.78, 5) is 2.22. The molecule has 2 aliphatic heterocycles. The molecule has 0 aliphatic carbocycles. The van der Waals surface area contributed by atoms with Gasteiger partial charge < -0.3 is 9.64 Å². The second kappa shape index (κ2) is 2.66. The smallest absolute Gasteiger partial charge is 0.115 e. The van der Waals surface area contributed by atoms with Crippen LogP contribution < -0.4 is 0 Å². The van der Waals surface area contributed by atoms with Crippen molar-refractivity contribution in [1.82, 2.24) is 4.90 Å². The summed E-state index contributed by atoms with van der Waals surface area (Å²) < 4.78 is 5.24. The van der Waals surface area contributed by atoms with Crippen molar-refractivity contribution in [1.29, 1.82) is 0 Å². The summed E-state index contributed by atoms with van der Waals surface area (Å²) in [5, 5.41) is 0. The minimum Gasteiger partial charge on any atom is -0.496 e. The third-order valence-electron chi connectivity index (χ3n) is 2.30. The van der Waals surface area contributed by atoms with Crippen LogP contribution in [0.1, 0.15) is 20.8 Å². The van der Waals surface area contributed by atoms with Crippen molar-refractivity contribution in [2.75, 3.05) is 6.61 Å². The van der Waals surface area contributed by atoms with E-state index < -0.39 is 0 Å². The first-order valence-electron chi connectivity index (χ1n) is 4.57. The summed E-state index contributed by atoms with van der Waals surface area (Å²) in [5.74, 6) is 0. The van der Waals surface area contributed by atoms with Crippen molar-refractivity contribution in [3.8, 4) is 0 Å². The topological polar surface area (TPSA) is 12.5 Å². The van der Waals surface area contributed by atoms with Crippen molar-refractivity contribution in [3.63, 3.8) is 0 Å². The molecule has 2 heteroatoms. The van der Waals surface area contributed by atoms with Gasteiger partial charge in [0.25, 0.3) is 0 Å². The van der Waals surface area contributed by atoms with Gasteiger partial charge in [0.15, 0.2) is 0 Å². The SMILES string of the molecule is CC(C)(C)N1C=CC2=COCC2=C1. The minimum atomic E-state index is 0.150. The molecule has 0 bridgehead atoms.